The molecule has 19 heavy (non-hydrogen) atoms. The van der Waals surface area contributed by atoms with E-state index in [0.29, 0.717) is 12.8 Å². The monoisotopic (exact) mass is 256 g/mol. The molecule has 1 aromatic rings. The van der Waals surface area contributed by atoms with Crippen LogP contribution in [0.2, 0.25) is 0 Å². The number of hydrogen-bond donors (Lipinski definition) is 1. The van der Waals surface area contributed by atoms with Crippen LogP contribution >= 0.6 is 0 Å². The third kappa shape index (κ3) is 2.96. The first-order valence-corrected chi connectivity index (χ1v) is 6.96. The van der Waals surface area contributed by atoms with Gasteiger partial charge in [-0.05, 0) is 31.4 Å². The summed E-state index contributed by atoms with van der Waals surface area (Å²) in [7, 11) is 0. The molecule has 1 aliphatic rings. The van der Waals surface area contributed by atoms with Gasteiger partial charge < -0.3 is 5.32 Å². The molecule has 3 nitrogen and oxygen atoms in total. The van der Waals surface area contributed by atoms with Gasteiger partial charge in [-0.3, -0.25) is 4.79 Å². The third-order valence-corrected chi connectivity index (χ3v) is 4.00. The van der Waals surface area contributed by atoms with Gasteiger partial charge >= 0.3 is 0 Å². The van der Waals surface area contributed by atoms with E-state index in [2.05, 4.69) is 11.4 Å². The molecule has 1 aliphatic carbocycles. The molecule has 0 unspecified atom stereocenters. The first kappa shape index (κ1) is 13.6. The summed E-state index contributed by atoms with van der Waals surface area (Å²) in [6.07, 6.45) is 5.55. The molecule has 0 heterocycles. The Bertz CT molecular complexity index is 494. The maximum atomic E-state index is 12.5. The summed E-state index contributed by atoms with van der Waals surface area (Å²) in [5.74, 6) is -0.133. The first-order valence-electron chi connectivity index (χ1n) is 6.96. The van der Waals surface area contributed by atoms with Crippen LogP contribution < -0.4 is 5.32 Å². The Morgan fingerprint density at radius 3 is 2.42 bits per heavy atom. The zero-order valence-electron chi connectivity index (χ0n) is 11.4. The van der Waals surface area contributed by atoms with Crippen LogP contribution in [0.4, 0.5) is 5.69 Å². The summed E-state index contributed by atoms with van der Waals surface area (Å²) < 4.78 is 0. The number of benzene rings is 1. The number of para-hydroxylation sites is 1. The minimum absolute atomic E-state index is 0.133. The number of aryl methyl sites for hydroxylation is 1. The fourth-order valence-electron chi connectivity index (χ4n) is 2.68. The highest BCUT2D eigenvalue weighted by atomic mass is 16.2. The Balaban J connectivity index is 2.17. The summed E-state index contributed by atoms with van der Waals surface area (Å²) in [5, 5.41) is 12.4. The minimum atomic E-state index is -0.835. The van der Waals surface area contributed by atoms with E-state index in [9.17, 15) is 10.1 Å². The first-order chi connectivity index (χ1) is 9.18. The van der Waals surface area contributed by atoms with Gasteiger partial charge in [-0.25, -0.2) is 0 Å². The molecule has 1 fully saturated rings. The smallest absolute Gasteiger partial charge is 0.244 e. The van der Waals surface area contributed by atoms with Gasteiger partial charge in [0.15, 0.2) is 0 Å². The van der Waals surface area contributed by atoms with E-state index in [1.165, 1.54) is 0 Å². The Kier molecular flexibility index (Phi) is 4.21. The molecular weight excluding hydrogens is 236 g/mol. The SMILES string of the molecule is Cc1ccccc1NC(=O)C1(C#N)CCCCCC1. The van der Waals surface area contributed by atoms with Gasteiger partial charge in [-0.2, -0.15) is 5.26 Å². The highest BCUT2D eigenvalue weighted by molar-refractivity contribution is 5.97. The van der Waals surface area contributed by atoms with Gasteiger partial charge in [0, 0.05) is 5.69 Å². The Hall–Kier alpha value is -1.82. The van der Waals surface area contributed by atoms with Crippen molar-refractivity contribution < 1.29 is 4.79 Å². The van der Waals surface area contributed by atoms with Crippen LogP contribution in [0.25, 0.3) is 0 Å². The number of nitrogens with zero attached hydrogens (tertiary/aromatic N) is 1. The van der Waals surface area contributed by atoms with Crippen molar-refractivity contribution in [1.29, 1.82) is 5.26 Å². The number of carbonyl (C=O) groups is 1. The van der Waals surface area contributed by atoms with Crippen molar-refractivity contribution in [1.82, 2.24) is 0 Å². The molecule has 1 N–H and O–H groups in total. The standard InChI is InChI=1S/C16H20N2O/c1-13-8-4-5-9-14(13)18-15(19)16(12-17)10-6-2-3-7-11-16/h4-5,8-9H,2-3,6-7,10-11H2,1H3,(H,18,19). The van der Waals surface area contributed by atoms with Gasteiger partial charge in [0.25, 0.3) is 0 Å². The summed E-state index contributed by atoms with van der Waals surface area (Å²) in [5.41, 5.74) is 1.00. The molecule has 2 rings (SSSR count). The maximum absolute atomic E-state index is 12.5. The lowest BCUT2D eigenvalue weighted by Crippen LogP contribution is -2.34. The van der Waals surface area contributed by atoms with E-state index in [4.69, 9.17) is 0 Å². The van der Waals surface area contributed by atoms with Crippen LogP contribution in [0.3, 0.4) is 0 Å². The second-order valence-corrected chi connectivity index (χ2v) is 5.38. The fraction of sp³-hybridized carbons (Fsp3) is 0.500. The maximum Gasteiger partial charge on any atom is 0.244 e. The van der Waals surface area contributed by atoms with Gasteiger partial charge in [0.1, 0.15) is 5.41 Å². The van der Waals surface area contributed by atoms with Crippen LogP contribution in [-0.2, 0) is 4.79 Å². The van der Waals surface area contributed by atoms with Crippen molar-refractivity contribution in [3.8, 4) is 6.07 Å². The topological polar surface area (TPSA) is 52.9 Å². The molecule has 0 aromatic heterocycles. The molecule has 0 spiro atoms. The highest BCUT2D eigenvalue weighted by Gasteiger charge is 2.38. The summed E-state index contributed by atoms with van der Waals surface area (Å²) in [6.45, 7) is 1.96. The van der Waals surface area contributed by atoms with Crippen LogP contribution in [-0.4, -0.2) is 5.91 Å². The molecule has 0 radical (unpaired) electrons. The molecule has 0 atom stereocenters. The second-order valence-electron chi connectivity index (χ2n) is 5.38. The van der Waals surface area contributed by atoms with Gasteiger partial charge in [0.2, 0.25) is 5.91 Å². The zero-order valence-corrected chi connectivity index (χ0v) is 11.4. The van der Waals surface area contributed by atoms with Crippen LogP contribution in [0.5, 0.6) is 0 Å². The van der Waals surface area contributed by atoms with Crippen molar-refractivity contribution in [2.75, 3.05) is 5.32 Å². The molecule has 3 heteroatoms. The van der Waals surface area contributed by atoms with Crippen molar-refractivity contribution in [2.45, 2.75) is 45.4 Å². The van der Waals surface area contributed by atoms with Gasteiger partial charge in [0.05, 0.1) is 6.07 Å². The molecule has 100 valence electrons. The van der Waals surface area contributed by atoms with Crippen LogP contribution in [0.15, 0.2) is 24.3 Å². The van der Waals surface area contributed by atoms with Crippen molar-refractivity contribution in [3.63, 3.8) is 0 Å². The summed E-state index contributed by atoms with van der Waals surface area (Å²) in [4.78, 5) is 12.5. The van der Waals surface area contributed by atoms with E-state index >= 15 is 0 Å². The third-order valence-electron chi connectivity index (χ3n) is 4.00. The minimum Gasteiger partial charge on any atom is -0.324 e. The molecule has 1 amide bonds. The van der Waals surface area contributed by atoms with E-state index in [1.54, 1.807) is 0 Å². The Morgan fingerprint density at radius 2 is 1.84 bits per heavy atom. The van der Waals surface area contributed by atoms with E-state index < -0.39 is 5.41 Å². The van der Waals surface area contributed by atoms with Gasteiger partial charge in [-0.15, -0.1) is 0 Å². The Morgan fingerprint density at radius 1 is 1.21 bits per heavy atom. The highest BCUT2D eigenvalue weighted by Crippen LogP contribution is 2.35. The molecule has 0 aliphatic heterocycles. The lowest BCUT2D eigenvalue weighted by atomic mass is 9.81. The van der Waals surface area contributed by atoms with Gasteiger partial charge in [-0.1, -0.05) is 43.9 Å². The normalized spacial score (nSPS) is 18.1. The predicted molar refractivity (Wildman–Crippen MR) is 75.6 cm³/mol. The Labute approximate surface area is 114 Å². The van der Waals surface area contributed by atoms with E-state index in [0.717, 1.165) is 36.9 Å². The molecular formula is C16H20N2O. The van der Waals surface area contributed by atoms with Crippen LogP contribution in [0, 0.1) is 23.7 Å². The number of rotatable bonds is 2. The average molecular weight is 256 g/mol. The molecule has 0 saturated heterocycles. The van der Waals surface area contributed by atoms with Crippen LogP contribution in [0.1, 0.15) is 44.1 Å². The summed E-state index contributed by atoms with van der Waals surface area (Å²) >= 11 is 0. The number of nitrogens with one attached hydrogen (secondary N) is 1. The second kappa shape index (κ2) is 5.88. The number of anilines is 1. The fourth-order valence-corrected chi connectivity index (χ4v) is 2.68. The van der Waals surface area contributed by atoms with Crippen molar-refractivity contribution in [2.24, 2.45) is 5.41 Å². The number of hydrogen-bond acceptors (Lipinski definition) is 2. The van der Waals surface area contributed by atoms with Crippen molar-refractivity contribution >= 4 is 11.6 Å². The van der Waals surface area contributed by atoms with Crippen molar-refractivity contribution in [3.05, 3.63) is 29.8 Å². The quantitative estimate of drug-likeness (QED) is 0.818. The molecule has 1 aromatic carbocycles. The predicted octanol–water partition coefficient (Wildman–Crippen LogP) is 3.80. The number of carbonyl (C=O) groups excluding carboxylic acids is 1. The lowest BCUT2D eigenvalue weighted by molar-refractivity contribution is -0.123. The largest absolute Gasteiger partial charge is 0.324 e. The van der Waals surface area contributed by atoms with E-state index in [1.807, 2.05) is 31.2 Å². The molecule has 1 saturated carbocycles. The zero-order chi connectivity index (χ0) is 13.7. The number of nitriles is 1. The van der Waals surface area contributed by atoms with E-state index in [-0.39, 0.29) is 5.91 Å². The lowest BCUT2D eigenvalue weighted by Gasteiger charge is -2.24. The summed E-state index contributed by atoms with van der Waals surface area (Å²) in [6, 6.07) is 9.97. The average Bonchev–Trinajstić information content (AvgIpc) is 2.67. The molecule has 0 bridgehead atoms. The number of amides is 1.